The lowest BCUT2D eigenvalue weighted by atomic mass is 9.87. The lowest BCUT2D eigenvalue weighted by Gasteiger charge is -2.29. The average Bonchev–Trinajstić information content (AvgIpc) is 3.36. The number of halogens is 1. The molecule has 2 saturated heterocycles. The third-order valence-electron chi connectivity index (χ3n) is 6.35. The predicted octanol–water partition coefficient (Wildman–Crippen LogP) is 5.65. The monoisotopic (exact) mass is 498 g/mol. The largest absolute Gasteiger partial charge is 0.273 e. The normalized spacial score (nSPS) is 22.3. The fraction of sp³-hybridized carbons (Fsp3) is 0.111. The Labute approximate surface area is 199 Å². The maximum absolute atomic E-state index is 13.8. The van der Waals surface area contributed by atoms with Crippen LogP contribution in [0.25, 0.3) is 10.8 Å². The van der Waals surface area contributed by atoms with Gasteiger partial charge in [-0.15, -0.1) is 0 Å². The Morgan fingerprint density at radius 1 is 0.697 bits per heavy atom. The smallest absolute Gasteiger partial charge is 0.266 e. The Bertz CT molecular complexity index is 1370. The number of anilines is 2. The summed E-state index contributed by atoms with van der Waals surface area (Å²) >= 11 is 3.41. The number of para-hydroxylation sites is 1. The Morgan fingerprint density at radius 2 is 1.39 bits per heavy atom. The van der Waals surface area contributed by atoms with E-state index in [2.05, 4.69) is 34.1 Å². The van der Waals surface area contributed by atoms with Gasteiger partial charge in [-0.25, -0.2) is 9.96 Å². The third kappa shape index (κ3) is 3.17. The van der Waals surface area contributed by atoms with Crippen molar-refractivity contribution in [2.45, 2.75) is 12.1 Å². The van der Waals surface area contributed by atoms with Crippen molar-refractivity contribution in [2.75, 3.05) is 9.96 Å². The van der Waals surface area contributed by atoms with Crippen molar-refractivity contribution in [3.05, 3.63) is 107 Å². The Kier molecular flexibility index (Phi) is 4.78. The van der Waals surface area contributed by atoms with Crippen LogP contribution < -0.4 is 9.96 Å². The molecule has 0 bridgehead atoms. The minimum atomic E-state index is -0.884. The molecule has 0 aliphatic carbocycles. The first-order valence-electron chi connectivity index (χ1n) is 10.8. The lowest BCUT2D eigenvalue weighted by molar-refractivity contribution is -0.126. The molecule has 4 aromatic rings. The van der Waals surface area contributed by atoms with Crippen LogP contribution in [0.15, 0.2) is 102 Å². The highest BCUT2D eigenvalue weighted by Crippen LogP contribution is 2.48. The first-order valence-corrected chi connectivity index (χ1v) is 11.5. The standard InChI is InChI=1S/C27H19BrN2O3/c28-18-13-15-19(16-14-18)29-26(31)23-24(22-12-6-8-17-7-4-5-11-21(17)22)30(33-25(23)27(29)32)20-9-2-1-3-10-20/h1-16,23-25H/t23-,24-,25-/m1/s1. The number of imide groups is 1. The molecule has 2 aliphatic heterocycles. The van der Waals surface area contributed by atoms with Gasteiger partial charge in [-0.3, -0.25) is 14.4 Å². The Hall–Kier alpha value is -3.48. The first kappa shape index (κ1) is 20.1. The number of nitrogens with zero attached hydrogens (tertiary/aromatic N) is 2. The fourth-order valence-electron chi connectivity index (χ4n) is 4.88. The van der Waals surface area contributed by atoms with Crippen LogP contribution in [0.2, 0.25) is 0 Å². The molecular formula is C27H19BrN2O3. The van der Waals surface area contributed by atoms with Gasteiger partial charge in [0.2, 0.25) is 5.91 Å². The molecule has 0 saturated carbocycles. The van der Waals surface area contributed by atoms with E-state index < -0.39 is 18.1 Å². The van der Waals surface area contributed by atoms with Crippen molar-refractivity contribution < 1.29 is 14.4 Å². The van der Waals surface area contributed by atoms with E-state index in [0.29, 0.717) is 5.69 Å². The maximum atomic E-state index is 13.8. The van der Waals surface area contributed by atoms with Gasteiger partial charge in [0.1, 0.15) is 5.92 Å². The second-order valence-electron chi connectivity index (χ2n) is 8.21. The fourth-order valence-corrected chi connectivity index (χ4v) is 5.15. The number of hydrogen-bond acceptors (Lipinski definition) is 4. The summed E-state index contributed by atoms with van der Waals surface area (Å²) in [7, 11) is 0. The van der Waals surface area contributed by atoms with E-state index in [0.717, 1.165) is 26.5 Å². The van der Waals surface area contributed by atoms with E-state index in [1.807, 2.05) is 66.7 Å². The molecule has 6 heteroatoms. The summed E-state index contributed by atoms with van der Waals surface area (Å²) in [5.41, 5.74) is 2.32. The zero-order chi connectivity index (χ0) is 22.5. The van der Waals surface area contributed by atoms with E-state index in [4.69, 9.17) is 4.84 Å². The van der Waals surface area contributed by atoms with Crippen LogP contribution in [0.5, 0.6) is 0 Å². The van der Waals surface area contributed by atoms with Gasteiger partial charge in [0.05, 0.1) is 17.4 Å². The average molecular weight is 499 g/mol. The molecule has 33 heavy (non-hydrogen) atoms. The first-order chi connectivity index (χ1) is 16.1. The molecule has 2 amide bonds. The summed E-state index contributed by atoms with van der Waals surface area (Å²) < 4.78 is 0.880. The van der Waals surface area contributed by atoms with Crippen molar-refractivity contribution in [3.63, 3.8) is 0 Å². The molecule has 5 nitrogen and oxygen atoms in total. The van der Waals surface area contributed by atoms with Crippen LogP contribution >= 0.6 is 15.9 Å². The quantitative estimate of drug-likeness (QED) is 0.342. The topological polar surface area (TPSA) is 49.9 Å². The highest BCUT2D eigenvalue weighted by molar-refractivity contribution is 9.10. The van der Waals surface area contributed by atoms with Crippen LogP contribution in [0, 0.1) is 5.92 Å². The van der Waals surface area contributed by atoms with Crippen molar-refractivity contribution >= 4 is 49.9 Å². The van der Waals surface area contributed by atoms with Crippen LogP contribution in [0.3, 0.4) is 0 Å². The number of benzene rings is 4. The van der Waals surface area contributed by atoms with Crippen LogP contribution in [-0.4, -0.2) is 17.9 Å². The summed E-state index contributed by atoms with van der Waals surface area (Å²) in [5, 5.41) is 3.86. The summed E-state index contributed by atoms with van der Waals surface area (Å²) in [6.45, 7) is 0. The van der Waals surface area contributed by atoms with E-state index in [1.54, 1.807) is 17.2 Å². The Balaban J connectivity index is 1.50. The van der Waals surface area contributed by atoms with Crippen molar-refractivity contribution in [1.29, 1.82) is 0 Å². The van der Waals surface area contributed by atoms with Crippen LogP contribution in [-0.2, 0) is 14.4 Å². The second kappa shape index (κ2) is 7.83. The second-order valence-corrected chi connectivity index (χ2v) is 9.13. The zero-order valence-corrected chi connectivity index (χ0v) is 19.1. The van der Waals surface area contributed by atoms with Gasteiger partial charge in [0.25, 0.3) is 5.91 Å². The molecule has 162 valence electrons. The Morgan fingerprint density at radius 3 is 2.18 bits per heavy atom. The van der Waals surface area contributed by atoms with Gasteiger partial charge in [0.15, 0.2) is 6.10 Å². The summed E-state index contributed by atoms with van der Waals surface area (Å²) in [6, 6.07) is 30.5. The molecule has 0 spiro atoms. The van der Waals surface area contributed by atoms with E-state index >= 15 is 0 Å². The zero-order valence-electron chi connectivity index (χ0n) is 17.5. The molecule has 0 N–H and O–H groups in total. The molecule has 0 radical (unpaired) electrons. The summed E-state index contributed by atoms with van der Waals surface area (Å²) in [5.74, 6) is -1.24. The number of hydrogen-bond donors (Lipinski definition) is 0. The lowest BCUT2D eigenvalue weighted by Crippen LogP contribution is -2.37. The molecule has 3 atom stereocenters. The van der Waals surface area contributed by atoms with Gasteiger partial charge in [-0.1, -0.05) is 76.6 Å². The predicted molar refractivity (Wildman–Crippen MR) is 131 cm³/mol. The molecule has 6 rings (SSSR count). The van der Waals surface area contributed by atoms with Crippen LogP contribution in [0.1, 0.15) is 11.6 Å². The van der Waals surface area contributed by atoms with Gasteiger partial charge in [-0.2, -0.15) is 0 Å². The molecular weight excluding hydrogens is 480 g/mol. The van der Waals surface area contributed by atoms with E-state index in [1.165, 1.54) is 4.90 Å². The van der Waals surface area contributed by atoms with Crippen molar-refractivity contribution in [2.24, 2.45) is 5.92 Å². The highest BCUT2D eigenvalue weighted by atomic mass is 79.9. The minimum absolute atomic E-state index is 0.247. The summed E-state index contributed by atoms with van der Waals surface area (Å²) in [6.07, 6.45) is -0.884. The molecule has 0 aromatic heterocycles. The maximum Gasteiger partial charge on any atom is 0.266 e. The van der Waals surface area contributed by atoms with Gasteiger partial charge in [-0.05, 0) is 52.7 Å². The van der Waals surface area contributed by atoms with Gasteiger partial charge < -0.3 is 0 Å². The number of carbonyl (C=O) groups excluding carboxylic acids is 2. The van der Waals surface area contributed by atoms with E-state index in [9.17, 15) is 9.59 Å². The molecule has 2 fully saturated rings. The van der Waals surface area contributed by atoms with Gasteiger partial charge >= 0.3 is 0 Å². The molecule has 2 heterocycles. The van der Waals surface area contributed by atoms with Crippen molar-refractivity contribution in [3.8, 4) is 0 Å². The number of fused-ring (bicyclic) bond motifs is 2. The number of rotatable bonds is 3. The van der Waals surface area contributed by atoms with E-state index in [-0.39, 0.29) is 11.8 Å². The third-order valence-corrected chi connectivity index (χ3v) is 6.88. The summed E-state index contributed by atoms with van der Waals surface area (Å²) in [4.78, 5) is 34.7. The SMILES string of the molecule is O=C1[C@@H]2[C@@H](c3cccc4ccccc34)N(c3ccccc3)O[C@H]2C(=O)N1c1ccc(Br)cc1. The van der Waals surface area contributed by atoms with Crippen molar-refractivity contribution in [1.82, 2.24) is 0 Å². The van der Waals surface area contributed by atoms with Crippen LogP contribution in [0.4, 0.5) is 11.4 Å². The highest BCUT2D eigenvalue weighted by Gasteiger charge is 2.60. The number of hydroxylamine groups is 1. The minimum Gasteiger partial charge on any atom is -0.273 e. The number of carbonyl (C=O) groups is 2. The van der Waals surface area contributed by atoms with Gasteiger partial charge in [0, 0.05) is 4.47 Å². The molecule has 2 aliphatic rings. The number of amides is 2. The molecule has 0 unspecified atom stereocenters. The molecule has 4 aromatic carbocycles.